The number of methoxy groups -OCH3 is 1. The van der Waals surface area contributed by atoms with Gasteiger partial charge in [-0.2, -0.15) is 0 Å². The van der Waals surface area contributed by atoms with Gasteiger partial charge < -0.3 is 10.5 Å². The third-order valence-electron chi connectivity index (χ3n) is 2.61. The Labute approximate surface area is 106 Å². The van der Waals surface area contributed by atoms with Crippen molar-refractivity contribution in [3.63, 3.8) is 0 Å². The third kappa shape index (κ3) is 2.84. The Hall–Kier alpha value is -1.95. The molecule has 0 amide bonds. The van der Waals surface area contributed by atoms with Gasteiger partial charge in [0.05, 0.1) is 6.61 Å². The van der Waals surface area contributed by atoms with E-state index in [1.54, 1.807) is 11.8 Å². The molecule has 0 saturated heterocycles. The topological polar surface area (TPSA) is 78.8 Å². The summed E-state index contributed by atoms with van der Waals surface area (Å²) in [6, 6.07) is 7.54. The summed E-state index contributed by atoms with van der Waals surface area (Å²) in [7, 11) is 1.69. The largest absolute Gasteiger partial charge is 0.399 e. The monoisotopic (exact) mass is 247 g/mol. The molecule has 18 heavy (non-hydrogen) atoms. The predicted octanol–water partition coefficient (Wildman–Crippen LogP) is 1.20. The van der Waals surface area contributed by atoms with E-state index in [1.165, 1.54) is 0 Å². The Morgan fingerprint density at radius 3 is 3.00 bits per heavy atom. The van der Waals surface area contributed by atoms with Crippen molar-refractivity contribution < 1.29 is 4.74 Å². The van der Waals surface area contributed by atoms with Crippen LogP contribution < -0.4 is 5.73 Å². The van der Waals surface area contributed by atoms with E-state index in [9.17, 15) is 0 Å². The summed E-state index contributed by atoms with van der Waals surface area (Å²) in [4.78, 5) is 0. The molecule has 2 N–H and O–H groups in total. The van der Waals surface area contributed by atoms with Gasteiger partial charge in [-0.3, -0.25) is 0 Å². The van der Waals surface area contributed by atoms with Crippen molar-refractivity contribution in [2.45, 2.75) is 13.5 Å². The molecule has 1 unspecified atom stereocenters. The molecule has 1 aromatic heterocycles. The molecule has 0 saturated carbocycles. The van der Waals surface area contributed by atoms with Gasteiger partial charge in [-0.25, -0.2) is 4.68 Å². The molecule has 0 aliphatic heterocycles. The summed E-state index contributed by atoms with van der Waals surface area (Å²) >= 11 is 0. The second-order valence-electron chi connectivity index (χ2n) is 4.37. The maximum atomic E-state index is 5.77. The van der Waals surface area contributed by atoms with E-state index in [2.05, 4.69) is 22.4 Å². The van der Waals surface area contributed by atoms with Crippen LogP contribution in [0.3, 0.4) is 0 Å². The SMILES string of the molecule is COCC(C)Cn1nnnc1-c1cccc(N)c1. The van der Waals surface area contributed by atoms with Crippen LogP contribution in [0.2, 0.25) is 0 Å². The van der Waals surface area contributed by atoms with E-state index in [1.807, 2.05) is 24.3 Å². The molecule has 0 fully saturated rings. The van der Waals surface area contributed by atoms with E-state index in [-0.39, 0.29) is 0 Å². The summed E-state index contributed by atoms with van der Waals surface area (Å²) in [5.74, 6) is 1.07. The van der Waals surface area contributed by atoms with E-state index in [0.29, 0.717) is 24.8 Å². The van der Waals surface area contributed by atoms with Crippen LogP contribution in [0.15, 0.2) is 24.3 Å². The summed E-state index contributed by atoms with van der Waals surface area (Å²) in [6.07, 6.45) is 0. The van der Waals surface area contributed by atoms with Gasteiger partial charge in [0.25, 0.3) is 0 Å². The number of aromatic nitrogens is 4. The van der Waals surface area contributed by atoms with E-state index in [4.69, 9.17) is 10.5 Å². The Morgan fingerprint density at radius 2 is 2.28 bits per heavy atom. The minimum Gasteiger partial charge on any atom is -0.399 e. The molecular formula is C12H17N5O. The number of hydrogen-bond acceptors (Lipinski definition) is 5. The molecule has 0 radical (unpaired) electrons. The number of tetrazole rings is 1. The van der Waals surface area contributed by atoms with Gasteiger partial charge in [-0.1, -0.05) is 19.1 Å². The second-order valence-corrected chi connectivity index (χ2v) is 4.37. The van der Waals surface area contributed by atoms with Gasteiger partial charge in [-0.15, -0.1) is 5.10 Å². The molecule has 1 heterocycles. The van der Waals surface area contributed by atoms with Crippen molar-refractivity contribution in [1.82, 2.24) is 20.2 Å². The van der Waals surface area contributed by atoms with Crippen LogP contribution in [0.25, 0.3) is 11.4 Å². The Bertz CT molecular complexity index is 511. The Morgan fingerprint density at radius 1 is 1.44 bits per heavy atom. The number of nitrogens with two attached hydrogens (primary N) is 1. The molecule has 1 aromatic carbocycles. The zero-order chi connectivity index (χ0) is 13.0. The highest BCUT2D eigenvalue weighted by Gasteiger charge is 2.12. The first-order valence-electron chi connectivity index (χ1n) is 5.81. The zero-order valence-electron chi connectivity index (χ0n) is 10.6. The number of ether oxygens (including phenoxy) is 1. The first-order chi connectivity index (χ1) is 8.70. The lowest BCUT2D eigenvalue weighted by molar-refractivity contribution is 0.149. The van der Waals surface area contributed by atoms with Crippen molar-refractivity contribution in [2.75, 3.05) is 19.5 Å². The van der Waals surface area contributed by atoms with Crippen molar-refractivity contribution in [1.29, 1.82) is 0 Å². The standard InChI is InChI=1S/C12H17N5O/c1-9(8-18-2)7-17-12(14-15-16-17)10-4-3-5-11(13)6-10/h3-6,9H,7-8,13H2,1-2H3. The average molecular weight is 247 g/mol. The average Bonchev–Trinajstić information content (AvgIpc) is 2.77. The highest BCUT2D eigenvalue weighted by atomic mass is 16.5. The van der Waals surface area contributed by atoms with Crippen molar-refractivity contribution in [3.05, 3.63) is 24.3 Å². The maximum absolute atomic E-state index is 5.77. The highest BCUT2D eigenvalue weighted by molar-refractivity contribution is 5.60. The smallest absolute Gasteiger partial charge is 0.182 e. The summed E-state index contributed by atoms with van der Waals surface area (Å²) in [5, 5.41) is 11.8. The number of benzene rings is 1. The molecular weight excluding hydrogens is 230 g/mol. The molecule has 2 rings (SSSR count). The molecule has 0 spiro atoms. The van der Waals surface area contributed by atoms with Crippen molar-refractivity contribution in [3.8, 4) is 11.4 Å². The first-order valence-corrected chi connectivity index (χ1v) is 5.81. The van der Waals surface area contributed by atoms with E-state index < -0.39 is 0 Å². The molecule has 6 nitrogen and oxygen atoms in total. The maximum Gasteiger partial charge on any atom is 0.182 e. The first kappa shape index (κ1) is 12.5. The Balaban J connectivity index is 2.22. The number of nitrogen functional groups attached to an aromatic ring is 1. The lowest BCUT2D eigenvalue weighted by Gasteiger charge is -2.11. The molecule has 0 aliphatic carbocycles. The Kier molecular flexibility index (Phi) is 3.88. The zero-order valence-corrected chi connectivity index (χ0v) is 10.6. The lowest BCUT2D eigenvalue weighted by atomic mass is 10.1. The van der Waals surface area contributed by atoms with Gasteiger partial charge in [0.15, 0.2) is 5.82 Å². The number of nitrogens with zero attached hydrogens (tertiary/aromatic N) is 4. The minimum absolute atomic E-state index is 0.346. The summed E-state index contributed by atoms with van der Waals surface area (Å²) in [6.45, 7) is 3.48. The summed E-state index contributed by atoms with van der Waals surface area (Å²) < 4.78 is 6.89. The molecule has 2 aromatic rings. The van der Waals surface area contributed by atoms with Crippen molar-refractivity contribution >= 4 is 5.69 Å². The van der Waals surface area contributed by atoms with Gasteiger partial charge >= 0.3 is 0 Å². The van der Waals surface area contributed by atoms with Crippen molar-refractivity contribution in [2.24, 2.45) is 5.92 Å². The number of anilines is 1. The van der Waals surface area contributed by atoms with E-state index in [0.717, 1.165) is 11.4 Å². The van der Waals surface area contributed by atoms with Crippen LogP contribution in [0.1, 0.15) is 6.92 Å². The molecule has 6 heteroatoms. The van der Waals surface area contributed by atoms with Crippen LogP contribution in [-0.4, -0.2) is 33.9 Å². The fraction of sp³-hybridized carbons (Fsp3) is 0.417. The quantitative estimate of drug-likeness (QED) is 0.803. The van der Waals surface area contributed by atoms with Crippen LogP contribution >= 0.6 is 0 Å². The van der Waals surface area contributed by atoms with Crippen LogP contribution in [0.5, 0.6) is 0 Å². The summed E-state index contributed by atoms with van der Waals surface area (Å²) in [5.41, 5.74) is 7.39. The molecule has 0 bridgehead atoms. The van der Waals surface area contributed by atoms with Gasteiger partial charge in [0.1, 0.15) is 0 Å². The predicted molar refractivity (Wildman–Crippen MR) is 68.7 cm³/mol. The van der Waals surface area contributed by atoms with Crippen LogP contribution in [0, 0.1) is 5.92 Å². The van der Waals surface area contributed by atoms with Crippen LogP contribution in [-0.2, 0) is 11.3 Å². The molecule has 0 aliphatic rings. The fourth-order valence-electron chi connectivity index (χ4n) is 1.84. The van der Waals surface area contributed by atoms with Gasteiger partial charge in [0, 0.05) is 24.9 Å². The lowest BCUT2D eigenvalue weighted by Crippen LogP contribution is -2.14. The molecule has 96 valence electrons. The van der Waals surface area contributed by atoms with Crippen LogP contribution in [0.4, 0.5) is 5.69 Å². The third-order valence-corrected chi connectivity index (χ3v) is 2.61. The highest BCUT2D eigenvalue weighted by Crippen LogP contribution is 2.19. The van der Waals surface area contributed by atoms with Gasteiger partial charge in [-0.05, 0) is 28.5 Å². The number of rotatable bonds is 5. The second kappa shape index (κ2) is 5.59. The minimum atomic E-state index is 0.346. The molecule has 1 atom stereocenters. The normalized spacial score (nSPS) is 12.6. The number of hydrogen-bond donors (Lipinski definition) is 1. The van der Waals surface area contributed by atoms with E-state index >= 15 is 0 Å². The fourth-order valence-corrected chi connectivity index (χ4v) is 1.84. The van der Waals surface area contributed by atoms with Gasteiger partial charge in [0.2, 0.25) is 0 Å².